The molecule has 1 aromatic rings. The van der Waals surface area contributed by atoms with Crippen LogP contribution in [0.5, 0.6) is 0 Å². The van der Waals surface area contributed by atoms with Crippen molar-refractivity contribution in [3.05, 3.63) is 24.0 Å². The first kappa shape index (κ1) is 18.6. The van der Waals surface area contributed by atoms with Crippen molar-refractivity contribution in [3.63, 3.8) is 0 Å². The van der Waals surface area contributed by atoms with E-state index < -0.39 is 0 Å². The van der Waals surface area contributed by atoms with E-state index in [0.29, 0.717) is 16.0 Å². The summed E-state index contributed by atoms with van der Waals surface area (Å²) in [6.07, 6.45) is 1.09. The largest absolute Gasteiger partial charge is 0.395 e. The summed E-state index contributed by atoms with van der Waals surface area (Å²) in [7, 11) is 0. The number of nitrogens with two attached hydrogens (primary N) is 1. The number of anilines is 1. The number of halogens is 1. The number of hydrogen-bond donors (Lipinski definition) is 1. The summed E-state index contributed by atoms with van der Waals surface area (Å²) in [5.41, 5.74) is 6.84. The van der Waals surface area contributed by atoms with Gasteiger partial charge in [-0.15, -0.1) is 13.2 Å². The van der Waals surface area contributed by atoms with Gasteiger partial charge in [-0.3, -0.25) is 0 Å². The van der Waals surface area contributed by atoms with E-state index in [0.717, 1.165) is 17.9 Å². The molecule has 0 aliphatic heterocycles. The Morgan fingerprint density at radius 3 is 2.24 bits per heavy atom. The van der Waals surface area contributed by atoms with E-state index in [9.17, 15) is 0 Å². The maximum absolute atomic E-state index is 5.81. The molecule has 0 atom stereocenters. The van der Waals surface area contributed by atoms with Crippen LogP contribution in [0.2, 0.25) is 5.15 Å². The molecule has 0 radical (unpaired) electrons. The number of hydrogen-bond acceptors (Lipinski definition) is 4. The van der Waals surface area contributed by atoms with E-state index in [4.69, 9.17) is 17.3 Å². The molecule has 0 spiro atoms. The average Bonchev–Trinajstić information content (AvgIpc) is 2.38. The summed E-state index contributed by atoms with van der Waals surface area (Å²) in [6.45, 7) is 13.9. The van der Waals surface area contributed by atoms with Gasteiger partial charge in [0.25, 0.3) is 0 Å². The topological polar surface area (TPSA) is 51.8 Å². The van der Waals surface area contributed by atoms with Gasteiger partial charge < -0.3 is 5.73 Å². The first-order chi connectivity index (χ1) is 8.15. The quantitative estimate of drug-likeness (QED) is 0.386. The fourth-order valence-corrected chi connectivity index (χ4v) is 1.79. The van der Waals surface area contributed by atoms with Crippen LogP contribution in [0.4, 0.5) is 5.69 Å². The molecule has 0 fully saturated rings. The van der Waals surface area contributed by atoms with E-state index in [-0.39, 0.29) is 0 Å². The lowest BCUT2D eigenvalue weighted by Crippen LogP contribution is -1.99. The Balaban J connectivity index is 0. The fraction of sp³-hybridized carbons (Fsp3) is 0.500. The highest BCUT2D eigenvalue weighted by Gasteiger charge is 2.06. The number of rotatable bonds is 3. The predicted octanol–water partition coefficient (Wildman–Crippen LogP) is 4.35. The highest BCUT2D eigenvalue weighted by molar-refractivity contribution is 7.99. The van der Waals surface area contributed by atoms with Crippen molar-refractivity contribution >= 4 is 29.1 Å². The van der Waals surface area contributed by atoms with Crippen LogP contribution in [0.15, 0.2) is 18.3 Å². The van der Waals surface area contributed by atoms with Crippen molar-refractivity contribution in [1.29, 1.82) is 0 Å². The van der Waals surface area contributed by atoms with Gasteiger partial charge in [-0.1, -0.05) is 44.1 Å². The van der Waals surface area contributed by atoms with Crippen molar-refractivity contribution in [2.75, 3.05) is 11.5 Å². The third-order valence-corrected chi connectivity index (χ3v) is 2.85. The van der Waals surface area contributed by atoms with Crippen molar-refractivity contribution < 1.29 is 0 Å². The maximum Gasteiger partial charge on any atom is 0.189 e. The second-order valence-corrected chi connectivity index (χ2v) is 4.06. The smallest absolute Gasteiger partial charge is 0.189 e. The van der Waals surface area contributed by atoms with E-state index >= 15 is 0 Å². The summed E-state index contributed by atoms with van der Waals surface area (Å²) < 4.78 is 0. The first-order valence-corrected chi connectivity index (χ1v) is 6.94. The molecule has 0 unspecified atom stereocenters. The normalized spacial score (nSPS) is 8.53. The fourth-order valence-electron chi connectivity index (χ4n) is 0.780. The molecule has 17 heavy (non-hydrogen) atoms. The summed E-state index contributed by atoms with van der Waals surface area (Å²) >= 11 is 7.40. The van der Waals surface area contributed by atoms with Gasteiger partial charge in [0.1, 0.15) is 0 Å². The van der Waals surface area contributed by atoms with Crippen LogP contribution in [-0.4, -0.2) is 15.7 Å². The van der Waals surface area contributed by atoms with Crippen LogP contribution >= 0.6 is 23.4 Å². The van der Waals surface area contributed by atoms with Gasteiger partial charge >= 0.3 is 0 Å². The lowest BCUT2D eigenvalue weighted by molar-refractivity contribution is 0.934. The number of nitrogens with zero attached hydrogens (tertiary/aromatic N) is 2. The molecular formula is C12H22ClN3S. The van der Waals surface area contributed by atoms with E-state index in [1.807, 2.05) is 20.8 Å². The molecule has 0 saturated carbocycles. The average molecular weight is 276 g/mol. The van der Waals surface area contributed by atoms with Crippen LogP contribution in [0.25, 0.3) is 0 Å². The third-order valence-electron chi connectivity index (χ3n) is 1.50. The van der Waals surface area contributed by atoms with Gasteiger partial charge in [0.2, 0.25) is 0 Å². The zero-order valence-electron chi connectivity index (χ0n) is 11.1. The van der Waals surface area contributed by atoms with Crippen LogP contribution in [0.3, 0.4) is 0 Å². The Kier molecular flexibility index (Phi) is 12.9. The molecule has 0 amide bonds. The van der Waals surface area contributed by atoms with Gasteiger partial charge in [-0.2, -0.15) is 0 Å². The maximum atomic E-state index is 5.81. The molecule has 0 aromatic carbocycles. The predicted molar refractivity (Wildman–Crippen MR) is 79.8 cm³/mol. The van der Waals surface area contributed by atoms with Gasteiger partial charge in [0, 0.05) is 5.75 Å². The number of aryl methyl sites for hydroxylation is 1. The van der Waals surface area contributed by atoms with Gasteiger partial charge in [0.15, 0.2) is 10.3 Å². The Bertz CT molecular complexity index is 296. The van der Waals surface area contributed by atoms with E-state index in [1.54, 1.807) is 11.8 Å². The Morgan fingerprint density at radius 1 is 1.29 bits per heavy atom. The molecule has 1 rings (SSSR count). The van der Waals surface area contributed by atoms with Crippen molar-refractivity contribution in [1.82, 2.24) is 9.97 Å². The molecule has 3 nitrogen and oxygen atoms in total. The van der Waals surface area contributed by atoms with Crippen molar-refractivity contribution in [2.45, 2.75) is 39.3 Å². The molecule has 0 bridgehead atoms. The van der Waals surface area contributed by atoms with Crippen LogP contribution in [0, 0.1) is 6.92 Å². The van der Waals surface area contributed by atoms with E-state index in [2.05, 4.69) is 30.0 Å². The molecule has 1 heterocycles. The summed E-state index contributed by atoms with van der Waals surface area (Å²) in [4.78, 5) is 8.28. The second kappa shape index (κ2) is 11.7. The first-order valence-electron chi connectivity index (χ1n) is 5.57. The minimum absolute atomic E-state index is 0.353. The summed E-state index contributed by atoms with van der Waals surface area (Å²) in [5.74, 6) is 1.000. The molecular weight excluding hydrogens is 254 g/mol. The van der Waals surface area contributed by atoms with Gasteiger partial charge in [-0.05, 0) is 13.3 Å². The van der Waals surface area contributed by atoms with Crippen LogP contribution < -0.4 is 5.73 Å². The zero-order chi connectivity index (χ0) is 13.8. The molecule has 2 N–H and O–H groups in total. The minimum atomic E-state index is 0.353. The van der Waals surface area contributed by atoms with Crippen LogP contribution in [0.1, 0.15) is 32.9 Å². The lowest BCUT2D eigenvalue weighted by atomic mass is 10.4. The molecule has 1 aromatic heterocycles. The van der Waals surface area contributed by atoms with Crippen molar-refractivity contribution in [3.8, 4) is 0 Å². The minimum Gasteiger partial charge on any atom is -0.395 e. The molecule has 5 heteroatoms. The number of nitrogen functional groups attached to an aromatic ring is 1. The highest BCUT2D eigenvalue weighted by Crippen LogP contribution is 2.23. The molecule has 0 saturated heterocycles. The standard InChI is InChI=1S/C8H12ClN3S.C2H6.C2H4/c1-3-4-13-8-11-5(2)6(10)7(9)12-8;2*1-2/h3-4,10H2,1-2H3;1-2H3;1-2H2. The van der Waals surface area contributed by atoms with E-state index in [1.165, 1.54) is 0 Å². The Morgan fingerprint density at radius 2 is 1.82 bits per heavy atom. The second-order valence-electron chi connectivity index (χ2n) is 2.64. The molecule has 0 aliphatic rings. The lowest BCUT2D eigenvalue weighted by Gasteiger charge is -2.04. The number of thioether (sulfide) groups is 1. The molecule has 98 valence electrons. The zero-order valence-corrected chi connectivity index (χ0v) is 12.7. The summed E-state index contributed by atoms with van der Waals surface area (Å²) in [5, 5.41) is 1.06. The number of aromatic nitrogens is 2. The SMILES string of the molecule is C=C.CC.CCCSc1nc(C)c(N)c(Cl)n1. The van der Waals surface area contributed by atoms with Crippen LogP contribution in [-0.2, 0) is 0 Å². The monoisotopic (exact) mass is 275 g/mol. The summed E-state index contributed by atoms with van der Waals surface area (Å²) in [6, 6.07) is 0. The highest BCUT2D eigenvalue weighted by atomic mass is 35.5. The Hall–Kier alpha value is -0.740. The third kappa shape index (κ3) is 7.23. The van der Waals surface area contributed by atoms with Gasteiger partial charge in [-0.25, -0.2) is 9.97 Å². The Labute approximate surface area is 114 Å². The van der Waals surface area contributed by atoms with Crippen molar-refractivity contribution in [2.24, 2.45) is 0 Å². The van der Waals surface area contributed by atoms with Gasteiger partial charge in [0.05, 0.1) is 11.4 Å². The molecule has 0 aliphatic carbocycles.